The Labute approximate surface area is 146 Å². The number of benzene rings is 1. The van der Waals surface area contributed by atoms with Crippen molar-refractivity contribution in [2.75, 3.05) is 26.2 Å². The number of likely N-dealkylation sites (tertiary alicyclic amines) is 1. The smallest absolute Gasteiger partial charge is 0.318 e. The number of carbonyl (C=O) groups excluding carboxylic acids is 2. The third kappa shape index (κ3) is 4.10. The topological polar surface area (TPSA) is 90.0 Å². The molecule has 0 aliphatic carbocycles. The van der Waals surface area contributed by atoms with E-state index in [0.29, 0.717) is 32.5 Å². The first-order chi connectivity index (χ1) is 12.0. The number of nitrogens with zero attached hydrogens (tertiary/aromatic N) is 2. The van der Waals surface area contributed by atoms with Crippen LogP contribution < -0.4 is 5.32 Å². The van der Waals surface area contributed by atoms with Gasteiger partial charge >= 0.3 is 12.0 Å². The Morgan fingerprint density at radius 1 is 1.12 bits per heavy atom. The maximum Gasteiger partial charge on any atom is 0.318 e. The number of fused-ring (bicyclic) bond motifs is 1. The first kappa shape index (κ1) is 17.3. The van der Waals surface area contributed by atoms with E-state index in [4.69, 9.17) is 5.11 Å². The van der Waals surface area contributed by atoms with Crippen molar-refractivity contribution in [1.29, 1.82) is 0 Å². The predicted octanol–water partition coefficient (Wildman–Crippen LogP) is 1.08. The highest BCUT2D eigenvalue weighted by atomic mass is 16.4. The molecule has 1 unspecified atom stereocenters. The number of urea groups is 1. The Kier molecular flexibility index (Phi) is 5.21. The van der Waals surface area contributed by atoms with Gasteiger partial charge in [-0.2, -0.15) is 0 Å². The molecule has 0 bridgehead atoms. The summed E-state index contributed by atoms with van der Waals surface area (Å²) in [6, 6.07) is 7.78. The van der Waals surface area contributed by atoms with Crippen LogP contribution in [-0.2, 0) is 22.6 Å². The maximum atomic E-state index is 12.3. The average molecular weight is 345 g/mol. The molecule has 0 radical (unpaired) electrons. The van der Waals surface area contributed by atoms with E-state index < -0.39 is 11.9 Å². The molecule has 2 aliphatic rings. The van der Waals surface area contributed by atoms with Gasteiger partial charge in [-0.1, -0.05) is 24.3 Å². The number of aliphatic carboxylic acids is 1. The largest absolute Gasteiger partial charge is 0.481 e. The van der Waals surface area contributed by atoms with Gasteiger partial charge in [0.1, 0.15) is 0 Å². The molecule has 1 aromatic carbocycles. The molecule has 7 nitrogen and oxygen atoms in total. The third-order valence-corrected chi connectivity index (χ3v) is 4.93. The third-order valence-electron chi connectivity index (χ3n) is 4.93. The summed E-state index contributed by atoms with van der Waals surface area (Å²) >= 11 is 0. The van der Waals surface area contributed by atoms with E-state index in [1.165, 1.54) is 10.5 Å². The molecule has 2 N–H and O–H groups in total. The van der Waals surface area contributed by atoms with Crippen LogP contribution in [0.25, 0.3) is 0 Å². The van der Waals surface area contributed by atoms with Crippen molar-refractivity contribution in [3.63, 3.8) is 0 Å². The zero-order valence-electron chi connectivity index (χ0n) is 14.1. The molecule has 1 aromatic rings. The van der Waals surface area contributed by atoms with Gasteiger partial charge in [0.05, 0.1) is 12.5 Å². The van der Waals surface area contributed by atoms with Crippen molar-refractivity contribution in [2.24, 2.45) is 5.92 Å². The molecule has 0 aromatic heterocycles. The Hall–Kier alpha value is -2.57. The maximum absolute atomic E-state index is 12.3. The van der Waals surface area contributed by atoms with Gasteiger partial charge in [-0.3, -0.25) is 9.59 Å². The summed E-state index contributed by atoms with van der Waals surface area (Å²) in [5.41, 5.74) is 2.39. The highest BCUT2D eigenvalue weighted by molar-refractivity contribution is 5.84. The van der Waals surface area contributed by atoms with Gasteiger partial charge in [0, 0.05) is 26.2 Å². The lowest BCUT2D eigenvalue weighted by molar-refractivity contribution is -0.145. The second-order valence-electron chi connectivity index (χ2n) is 6.62. The first-order valence-corrected chi connectivity index (χ1v) is 8.64. The van der Waals surface area contributed by atoms with Crippen LogP contribution in [0, 0.1) is 5.92 Å². The minimum atomic E-state index is -0.867. The Morgan fingerprint density at radius 2 is 1.88 bits per heavy atom. The first-order valence-electron chi connectivity index (χ1n) is 8.64. The second kappa shape index (κ2) is 7.55. The van der Waals surface area contributed by atoms with Gasteiger partial charge in [-0.25, -0.2) is 4.79 Å². The molecular formula is C18H23N3O4. The standard InChI is InChI=1S/C18H23N3O4/c22-16(20-8-3-6-15(12-20)17(23)24)10-19-18(25)21-9-7-13-4-1-2-5-14(13)11-21/h1-2,4-5,15H,3,6-12H2,(H,19,25)(H,23,24). The quantitative estimate of drug-likeness (QED) is 0.858. The van der Waals surface area contributed by atoms with Crippen molar-refractivity contribution in [1.82, 2.24) is 15.1 Å². The number of rotatable bonds is 3. The average Bonchev–Trinajstić information content (AvgIpc) is 2.65. The van der Waals surface area contributed by atoms with Crippen LogP contribution >= 0.6 is 0 Å². The Morgan fingerprint density at radius 3 is 2.64 bits per heavy atom. The van der Waals surface area contributed by atoms with Crippen LogP contribution in [0.1, 0.15) is 24.0 Å². The van der Waals surface area contributed by atoms with E-state index in [0.717, 1.165) is 12.0 Å². The number of hydrogen-bond acceptors (Lipinski definition) is 3. The summed E-state index contributed by atoms with van der Waals surface area (Å²) in [7, 11) is 0. The van der Waals surface area contributed by atoms with Crippen LogP contribution in [-0.4, -0.2) is 59.0 Å². The van der Waals surface area contributed by atoms with Gasteiger partial charge < -0.3 is 20.2 Å². The molecule has 2 aliphatic heterocycles. The summed E-state index contributed by atoms with van der Waals surface area (Å²) in [6.07, 6.45) is 2.09. The number of piperidine rings is 1. The number of hydrogen-bond donors (Lipinski definition) is 2. The number of nitrogens with one attached hydrogen (secondary N) is 1. The normalized spacial score (nSPS) is 19.9. The van der Waals surface area contributed by atoms with E-state index in [-0.39, 0.29) is 25.0 Å². The molecule has 1 saturated heterocycles. The van der Waals surface area contributed by atoms with Crippen LogP contribution in [0.5, 0.6) is 0 Å². The number of carboxylic acids is 1. The summed E-state index contributed by atoms with van der Waals surface area (Å²) in [4.78, 5) is 38.9. The number of amides is 3. The summed E-state index contributed by atoms with van der Waals surface area (Å²) in [5.74, 6) is -1.60. The van der Waals surface area contributed by atoms with Gasteiger partial charge in [-0.15, -0.1) is 0 Å². The predicted molar refractivity (Wildman–Crippen MR) is 90.9 cm³/mol. The van der Waals surface area contributed by atoms with Gasteiger partial charge in [0.15, 0.2) is 0 Å². The Balaban J connectivity index is 1.49. The molecule has 3 rings (SSSR count). The van der Waals surface area contributed by atoms with E-state index in [1.54, 1.807) is 4.90 Å². The zero-order chi connectivity index (χ0) is 17.8. The van der Waals surface area contributed by atoms with Crippen molar-refractivity contribution in [2.45, 2.75) is 25.8 Å². The SMILES string of the molecule is O=C(O)C1CCCN(C(=O)CNC(=O)N2CCc3ccccc3C2)C1. The molecule has 25 heavy (non-hydrogen) atoms. The Bertz CT molecular complexity index is 676. The fourth-order valence-electron chi connectivity index (χ4n) is 3.45. The molecule has 134 valence electrons. The fraction of sp³-hybridized carbons (Fsp3) is 0.500. The van der Waals surface area contributed by atoms with Gasteiger partial charge in [-0.05, 0) is 30.4 Å². The van der Waals surface area contributed by atoms with E-state index in [1.807, 2.05) is 18.2 Å². The van der Waals surface area contributed by atoms with Crippen molar-refractivity contribution >= 4 is 17.9 Å². The fourth-order valence-corrected chi connectivity index (χ4v) is 3.45. The van der Waals surface area contributed by atoms with Crippen LogP contribution in [0.3, 0.4) is 0 Å². The minimum Gasteiger partial charge on any atom is -0.481 e. The zero-order valence-corrected chi connectivity index (χ0v) is 14.1. The van der Waals surface area contributed by atoms with Crippen LogP contribution in [0.2, 0.25) is 0 Å². The lowest BCUT2D eigenvalue weighted by Crippen LogP contribution is -2.49. The van der Waals surface area contributed by atoms with E-state index in [9.17, 15) is 14.4 Å². The molecule has 0 saturated carbocycles. The summed E-state index contributed by atoms with van der Waals surface area (Å²) in [5, 5.41) is 11.8. The van der Waals surface area contributed by atoms with Crippen LogP contribution in [0.15, 0.2) is 24.3 Å². The molecule has 7 heteroatoms. The summed E-state index contributed by atoms with van der Waals surface area (Å²) in [6.45, 7) is 1.85. The van der Waals surface area contributed by atoms with E-state index in [2.05, 4.69) is 11.4 Å². The molecule has 1 atom stereocenters. The summed E-state index contributed by atoms with van der Waals surface area (Å²) < 4.78 is 0. The lowest BCUT2D eigenvalue weighted by Gasteiger charge is -2.32. The number of carboxylic acid groups (broad SMARTS) is 1. The lowest BCUT2D eigenvalue weighted by atomic mass is 9.98. The van der Waals surface area contributed by atoms with Crippen molar-refractivity contribution < 1.29 is 19.5 Å². The molecule has 1 fully saturated rings. The van der Waals surface area contributed by atoms with Gasteiger partial charge in [0.2, 0.25) is 5.91 Å². The molecule has 3 amide bonds. The van der Waals surface area contributed by atoms with Crippen molar-refractivity contribution in [3.05, 3.63) is 35.4 Å². The highest BCUT2D eigenvalue weighted by Crippen LogP contribution is 2.19. The second-order valence-corrected chi connectivity index (χ2v) is 6.62. The van der Waals surface area contributed by atoms with Gasteiger partial charge in [0.25, 0.3) is 0 Å². The highest BCUT2D eigenvalue weighted by Gasteiger charge is 2.28. The van der Waals surface area contributed by atoms with Crippen molar-refractivity contribution in [3.8, 4) is 0 Å². The van der Waals surface area contributed by atoms with Crippen LogP contribution in [0.4, 0.5) is 4.79 Å². The molecular weight excluding hydrogens is 322 g/mol. The van der Waals surface area contributed by atoms with E-state index >= 15 is 0 Å². The monoisotopic (exact) mass is 345 g/mol. The molecule has 2 heterocycles. The molecule has 0 spiro atoms. The minimum absolute atomic E-state index is 0.0939. The number of carbonyl (C=O) groups is 3.